The zero-order chi connectivity index (χ0) is 32.5. The maximum absolute atomic E-state index is 14.9. The molecule has 3 aromatic rings. The van der Waals surface area contributed by atoms with Gasteiger partial charge in [0.05, 0.1) is 19.8 Å². The first-order valence-electron chi connectivity index (χ1n) is 13.9. The molecule has 1 aliphatic carbocycles. The third-order valence-electron chi connectivity index (χ3n) is 8.67. The van der Waals surface area contributed by atoms with Crippen LogP contribution in [0.5, 0.6) is 23.0 Å². The summed E-state index contributed by atoms with van der Waals surface area (Å²) in [5.74, 6) is -2.82. The number of amides is 1. The van der Waals surface area contributed by atoms with E-state index < -0.39 is 46.2 Å². The fourth-order valence-electron chi connectivity index (χ4n) is 6.43. The zero-order valence-corrected chi connectivity index (χ0v) is 25.7. The maximum atomic E-state index is 14.9. The predicted octanol–water partition coefficient (Wildman–Crippen LogP) is 2.05. The van der Waals surface area contributed by atoms with Gasteiger partial charge in [-0.05, 0) is 24.1 Å². The highest BCUT2D eigenvalue weighted by atomic mass is 35.5. The van der Waals surface area contributed by atoms with Gasteiger partial charge in [-0.2, -0.15) is 0 Å². The Kier molecular flexibility index (Phi) is 7.03. The molecule has 0 saturated heterocycles. The molecule has 3 aliphatic rings. The van der Waals surface area contributed by atoms with Gasteiger partial charge in [0.2, 0.25) is 17.2 Å². The highest BCUT2D eigenvalue weighted by Gasteiger charge is 2.63. The van der Waals surface area contributed by atoms with Gasteiger partial charge in [0.25, 0.3) is 11.5 Å². The van der Waals surface area contributed by atoms with Crippen LogP contribution >= 0.6 is 11.6 Å². The maximum Gasteiger partial charge on any atom is 0.332 e. The van der Waals surface area contributed by atoms with Crippen molar-refractivity contribution in [1.82, 2.24) is 9.13 Å². The minimum atomic E-state index is -2.03. The average Bonchev–Trinajstić information content (AvgIpc) is 3.34. The van der Waals surface area contributed by atoms with Gasteiger partial charge in [0.15, 0.2) is 12.4 Å². The van der Waals surface area contributed by atoms with Crippen molar-refractivity contribution in [1.29, 1.82) is 0 Å². The number of rotatable bonds is 6. The fourth-order valence-corrected chi connectivity index (χ4v) is 6.70. The molecule has 0 bridgehead atoms. The summed E-state index contributed by atoms with van der Waals surface area (Å²) in [5, 5.41) is 3.18. The van der Waals surface area contributed by atoms with Crippen molar-refractivity contribution in [3.8, 4) is 23.0 Å². The number of primary amides is 1. The number of nitrogens with two attached hydrogens (primary N) is 1. The molecular weight excluding hydrogens is 608 g/mol. The van der Waals surface area contributed by atoms with Gasteiger partial charge in [-0.25, -0.2) is 4.79 Å². The Morgan fingerprint density at radius 3 is 2.36 bits per heavy atom. The van der Waals surface area contributed by atoms with Crippen LogP contribution in [0.25, 0.3) is 0 Å². The summed E-state index contributed by atoms with van der Waals surface area (Å²) in [4.78, 5) is 67.2. The predicted molar refractivity (Wildman–Crippen MR) is 162 cm³/mol. The normalized spacial score (nSPS) is 21.5. The monoisotopic (exact) mass is 636 g/mol. The Bertz CT molecular complexity index is 1980. The van der Waals surface area contributed by atoms with E-state index in [2.05, 4.69) is 5.32 Å². The lowest BCUT2D eigenvalue weighted by Crippen LogP contribution is -2.58. The van der Waals surface area contributed by atoms with E-state index in [-0.39, 0.29) is 57.8 Å². The van der Waals surface area contributed by atoms with Crippen molar-refractivity contribution in [2.75, 3.05) is 26.1 Å². The van der Waals surface area contributed by atoms with Gasteiger partial charge in [-0.3, -0.25) is 28.3 Å². The molecule has 1 aromatic heterocycles. The highest BCUT2D eigenvalue weighted by molar-refractivity contribution is 6.36. The zero-order valence-electron chi connectivity index (χ0n) is 25.0. The van der Waals surface area contributed by atoms with E-state index >= 15 is 0 Å². The SMILES string of the molecule is COc1cc(OC)c2c(c1Cl)O[C@@]1(C(=O)C3=C(C[C@H]1C)Nc1c(c(=O)n(C)c(=O)n1C)C3c1ccc(OCC(N)=O)cc1)C2=O. The molecule has 1 amide bonds. The van der Waals surface area contributed by atoms with Gasteiger partial charge < -0.3 is 30.0 Å². The second kappa shape index (κ2) is 10.5. The van der Waals surface area contributed by atoms with Gasteiger partial charge in [0.1, 0.15) is 33.7 Å². The van der Waals surface area contributed by atoms with Gasteiger partial charge in [0, 0.05) is 43.3 Å². The molecular formula is C31H29ClN4O9. The average molecular weight is 637 g/mol. The lowest BCUT2D eigenvalue weighted by Gasteiger charge is -2.42. The molecule has 3 N–H and O–H groups in total. The number of benzene rings is 2. The quantitative estimate of drug-likeness (QED) is 0.382. The first-order chi connectivity index (χ1) is 21.4. The van der Waals surface area contributed by atoms with Crippen LogP contribution in [0.3, 0.4) is 0 Å². The summed E-state index contributed by atoms with van der Waals surface area (Å²) >= 11 is 6.60. The van der Waals surface area contributed by atoms with Crippen molar-refractivity contribution >= 4 is 34.9 Å². The minimum absolute atomic E-state index is 0.0115. The van der Waals surface area contributed by atoms with E-state index in [4.69, 9.17) is 36.3 Å². The van der Waals surface area contributed by atoms with Crippen molar-refractivity contribution in [3.05, 3.63) is 84.2 Å². The third-order valence-corrected chi connectivity index (χ3v) is 9.03. The van der Waals surface area contributed by atoms with E-state index in [9.17, 15) is 24.0 Å². The van der Waals surface area contributed by atoms with Gasteiger partial charge in [-0.1, -0.05) is 30.7 Å². The van der Waals surface area contributed by atoms with Crippen LogP contribution in [0.1, 0.15) is 40.7 Å². The van der Waals surface area contributed by atoms with Crippen molar-refractivity contribution in [3.63, 3.8) is 0 Å². The molecule has 3 heterocycles. The Labute approximate surface area is 261 Å². The first-order valence-corrected chi connectivity index (χ1v) is 14.3. The summed E-state index contributed by atoms with van der Waals surface area (Å²) in [6.45, 7) is 1.37. The second-order valence-corrected chi connectivity index (χ2v) is 11.5. The van der Waals surface area contributed by atoms with Crippen molar-refractivity contribution in [2.45, 2.75) is 24.9 Å². The number of ether oxygens (including phenoxy) is 4. The molecule has 2 aromatic carbocycles. The summed E-state index contributed by atoms with van der Waals surface area (Å²) < 4.78 is 24.8. The molecule has 2 aliphatic heterocycles. The fraction of sp³-hybridized carbons (Fsp3) is 0.323. The topological polar surface area (TPSA) is 170 Å². The molecule has 1 spiro atoms. The lowest BCUT2D eigenvalue weighted by molar-refractivity contribution is -0.130. The molecule has 0 fully saturated rings. The number of nitrogens with one attached hydrogen (secondary N) is 1. The molecule has 6 rings (SSSR count). The van der Waals surface area contributed by atoms with Crippen LogP contribution in [-0.4, -0.2) is 53.0 Å². The number of carbonyl (C=O) groups is 3. The van der Waals surface area contributed by atoms with Crippen molar-refractivity contribution in [2.24, 2.45) is 25.7 Å². The number of ketones is 2. The Hall–Kier alpha value is -5.04. The number of methoxy groups -OCH3 is 2. The van der Waals surface area contributed by atoms with Crippen LogP contribution in [0.2, 0.25) is 5.02 Å². The molecule has 3 atom stereocenters. The third kappa shape index (κ3) is 4.17. The molecule has 234 valence electrons. The Balaban J connectivity index is 1.56. The molecule has 1 unspecified atom stereocenters. The summed E-state index contributed by atoms with van der Waals surface area (Å²) in [5.41, 5.74) is 3.19. The minimum Gasteiger partial charge on any atom is -0.496 e. The van der Waals surface area contributed by atoms with Crippen LogP contribution in [0.4, 0.5) is 5.82 Å². The molecule has 14 heteroatoms. The second-order valence-electron chi connectivity index (χ2n) is 11.1. The number of anilines is 1. The first kappa shape index (κ1) is 30.0. The number of hydrogen-bond donors (Lipinski definition) is 2. The van der Waals surface area contributed by atoms with E-state index in [1.807, 2.05) is 0 Å². The molecule has 13 nitrogen and oxygen atoms in total. The Morgan fingerprint density at radius 1 is 1.07 bits per heavy atom. The summed E-state index contributed by atoms with van der Waals surface area (Å²) in [6.07, 6.45) is 0.150. The Morgan fingerprint density at radius 2 is 1.73 bits per heavy atom. The van der Waals surface area contributed by atoms with Crippen LogP contribution in [0.15, 0.2) is 51.2 Å². The van der Waals surface area contributed by atoms with Crippen LogP contribution in [0, 0.1) is 5.92 Å². The number of Topliss-reactive ketones (excluding diaryl/α,β-unsaturated/α-hetero) is 2. The number of nitrogens with zero attached hydrogens (tertiary/aromatic N) is 2. The smallest absolute Gasteiger partial charge is 0.332 e. The van der Waals surface area contributed by atoms with Crippen molar-refractivity contribution < 1.29 is 33.3 Å². The lowest BCUT2D eigenvalue weighted by atomic mass is 9.66. The number of halogens is 1. The summed E-state index contributed by atoms with van der Waals surface area (Å²) in [7, 11) is 5.65. The van der Waals surface area contributed by atoms with E-state index in [0.717, 1.165) is 4.57 Å². The number of fused-ring (bicyclic) bond motifs is 2. The number of aromatic nitrogens is 2. The van der Waals surface area contributed by atoms with Gasteiger partial charge >= 0.3 is 5.69 Å². The van der Waals surface area contributed by atoms with E-state index in [1.165, 1.54) is 38.9 Å². The standard InChI is InChI=1S/C31H29ClN4O9/c1-13-10-16-21(26(38)31(13)27(39)22-17(42-4)11-18(43-5)24(32)25(22)45-31)20(14-6-8-15(9-7-14)44-12-19(33)37)23-28(34-16)35(2)30(41)36(3)29(23)40/h6-9,11,13,20,34H,10,12H2,1-5H3,(H2,33,37)/t13-,20?,31+/m1/s1. The number of hydrogen-bond acceptors (Lipinski definition) is 10. The van der Waals surface area contributed by atoms with Gasteiger partial charge in [-0.15, -0.1) is 0 Å². The van der Waals surface area contributed by atoms with E-state index in [1.54, 1.807) is 31.2 Å². The van der Waals surface area contributed by atoms with Crippen LogP contribution in [-0.2, 0) is 23.7 Å². The summed E-state index contributed by atoms with van der Waals surface area (Å²) in [6, 6.07) is 7.88. The number of carbonyl (C=O) groups excluding carboxylic acids is 3. The highest BCUT2D eigenvalue weighted by Crippen LogP contribution is 2.56. The largest absolute Gasteiger partial charge is 0.496 e. The molecule has 0 saturated carbocycles. The van der Waals surface area contributed by atoms with Crippen LogP contribution < -0.4 is 41.2 Å². The molecule has 0 radical (unpaired) electrons. The number of allylic oxidation sites excluding steroid dienone is 1. The molecule has 45 heavy (non-hydrogen) atoms. The van der Waals surface area contributed by atoms with E-state index in [0.29, 0.717) is 17.0 Å².